The number of unbranched alkanes of at least 4 members (excludes halogenated alkanes) is 39. The van der Waals surface area contributed by atoms with E-state index in [1.54, 1.807) is 6.08 Å². The van der Waals surface area contributed by atoms with E-state index >= 15 is 0 Å². The van der Waals surface area contributed by atoms with Crippen LogP contribution >= 0.6 is 0 Å². The first kappa shape index (κ1) is 61.3. The van der Waals surface area contributed by atoms with E-state index in [-0.39, 0.29) is 18.5 Å². The van der Waals surface area contributed by atoms with Crippen molar-refractivity contribution in [2.24, 2.45) is 0 Å². The summed E-state index contributed by atoms with van der Waals surface area (Å²) in [4.78, 5) is 24.5. The van der Waals surface area contributed by atoms with Crippen LogP contribution in [0.4, 0.5) is 0 Å². The van der Waals surface area contributed by atoms with Gasteiger partial charge in [-0.1, -0.05) is 256 Å². The fraction of sp³-hybridized carbons (Fsp3) is 0.895. The largest absolute Gasteiger partial charge is 0.466 e. The number of rotatable bonds is 52. The number of carbonyl (C=O) groups excluding carboxylic acids is 2. The summed E-state index contributed by atoms with van der Waals surface area (Å²) in [6.45, 7) is 4.86. The molecule has 3 N–H and O–H groups in total. The van der Waals surface area contributed by atoms with Crippen LogP contribution in [0.25, 0.3) is 0 Å². The molecule has 6 heteroatoms. The predicted molar refractivity (Wildman–Crippen MR) is 273 cm³/mol. The number of carbonyl (C=O) groups is 2. The number of allylic oxidation sites excluding steroid dienone is 3. The van der Waals surface area contributed by atoms with Crippen LogP contribution in [0.15, 0.2) is 24.3 Å². The summed E-state index contributed by atoms with van der Waals surface area (Å²) in [5, 5.41) is 23.1. The highest BCUT2D eigenvalue weighted by Gasteiger charge is 2.18. The number of aliphatic hydroxyl groups is 2. The molecule has 0 saturated carbocycles. The predicted octanol–water partition coefficient (Wildman–Crippen LogP) is 17.1. The Bertz CT molecular complexity index is 982. The van der Waals surface area contributed by atoms with Gasteiger partial charge in [0.25, 0.3) is 0 Å². The first-order valence-electron chi connectivity index (χ1n) is 28.1. The molecule has 2 atom stereocenters. The van der Waals surface area contributed by atoms with E-state index in [0.717, 1.165) is 57.8 Å². The van der Waals surface area contributed by atoms with Crippen molar-refractivity contribution < 1.29 is 24.5 Å². The van der Waals surface area contributed by atoms with E-state index < -0.39 is 12.1 Å². The maximum Gasteiger partial charge on any atom is 0.305 e. The van der Waals surface area contributed by atoms with Crippen LogP contribution in [0.1, 0.15) is 303 Å². The fourth-order valence-corrected chi connectivity index (χ4v) is 8.63. The average molecular weight is 889 g/mol. The van der Waals surface area contributed by atoms with E-state index in [2.05, 4.69) is 31.3 Å². The van der Waals surface area contributed by atoms with Gasteiger partial charge in [-0.05, 0) is 57.8 Å². The lowest BCUT2D eigenvalue weighted by atomic mass is 10.0. The third-order valence-electron chi connectivity index (χ3n) is 13.0. The molecule has 0 aromatic heterocycles. The van der Waals surface area contributed by atoms with Crippen LogP contribution in [0, 0.1) is 0 Å². The highest BCUT2D eigenvalue weighted by atomic mass is 16.5. The third kappa shape index (κ3) is 49.6. The molecule has 1 amide bonds. The number of nitrogens with one attached hydrogen (secondary N) is 1. The molecule has 0 aliphatic rings. The zero-order valence-electron chi connectivity index (χ0n) is 42.3. The molecule has 0 aliphatic carbocycles. The third-order valence-corrected chi connectivity index (χ3v) is 13.0. The molecule has 63 heavy (non-hydrogen) atoms. The Hall–Kier alpha value is -1.66. The van der Waals surface area contributed by atoms with E-state index in [1.807, 2.05) is 6.08 Å². The molecule has 2 unspecified atom stereocenters. The summed E-state index contributed by atoms with van der Waals surface area (Å²) in [7, 11) is 0. The highest BCUT2D eigenvalue weighted by molar-refractivity contribution is 5.76. The van der Waals surface area contributed by atoms with Crippen molar-refractivity contribution in [3.63, 3.8) is 0 Å². The minimum Gasteiger partial charge on any atom is -0.466 e. The lowest BCUT2D eigenvalue weighted by Crippen LogP contribution is -2.45. The summed E-state index contributed by atoms with van der Waals surface area (Å²) < 4.78 is 5.47. The van der Waals surface area contributed by atoms with Gasteiger partial charge < -0.3 is 20.3 Å². The topological polar surface area (TPSA) is 95.9 Å². The van der Waals surface area contributed by atoms with Crippen molar-refractivity contribution in [1.29, 1.82) is 0 Å². The summed E-state index contributed by atoms with van der Waals surface area (Å²) in [6, 6.07) is -0.645. The molecule has 372 valence electrons. The van der Waals surface area contributed by atoms with Crippen LogP contribution in [-0.4, -0.2) is 47.4 Å². The van der Waals surface area contributed by atoms with Crippen LogP contribution in [0.2, 0.25) is 0 Å². The van der Waals surface area contributed by atoms with E-state index in [4.69, 9.17) is 4.74 Å². The lowest BCUT2D eigenvalue weighted by Gasteiger charge is -2.20. The second-order valence-corrected chi connectivity index (χ2v) is 19.3. The first-order valence-corrected chi connectivity index (χ1v) is 28.1. The number of ether oxygens (including phenoxy) is 1. The monoisotopic (exact) mass is 888 g/mol. The van der Waals surface area contributed by atoms with Crippen LogP contribution in [-0.2, 0) is 14.3 Å². The number of hydrogen-bond acceptors (Lipinski definition) is 5. The number of hydrogen-bond donors (Lipinski definition) is 3. The Morgan fingerprint density at radius 2 is 0.746 bits per heavy atom. The summed E-state index contributed by atoms with van der Waals surface area (Å²) in [5.41, 5.74) is 0. The second-order valence-electron chi connectivity index (χ2n) is 19.3. The Kier molecular flexibility index (Phi) is 51.6. The van der Waals surface area contributed by atoms with Gasteiger partial charge >= 0.3 is 5.97 Å². The number of esters is 1. The first-order chi connectivity index (χ1) is 31.0. The fourth-order valence-electron chi connectivity index (χ4n) is 8.63. The standard InChI is InChI=1S/C57H109NO5/c1-3-5-7-9-11-13-15-17-19-21-22-24-25-27-29-33-37-41-45-49-55(60)54(53-59)58-56(61)50-46-42-38-34-31-32-36-40-44-48-52-63-57(62)51-47-43-39-35-30-28-26-23-20-18-16-14-12-10-8-6-4-2/h18,20,45,49,54-55,59-60H,3-17,19,21-44,46-48,50-53H2,1-2H3,(H,58,61)/b20-18-,49-45+. The van der Waals surface area contributed by atoms with Gasteiger partial charge in [0.15, 0.2) is 0 Å². The van der Waals surface area contributed by atoms with Crippen molar-refractivity contribution in [2.75, 3.05) is 13.2 Å². The van der Waals surface area contributed by atoms with Gasteiger partial charge in [-0.2, -0.15) is 0 Å². The zero-order chi connectivity index (χ0) is 45.8. The Labute approximate surface area is 392 Å². The smallest absolute Gasteiger partial charge is 0.305 e. The van der Waals surface area contributed by atoms with Crippen molar-refractivity contribution in [3.05, 3.63) is 24.3 Å². The van der Waals surface area contributed by atoms with Gasteiger partial charge in [0.2, 0.25) is 5.91 Å². The van der Waals surface area contributed by atoms with Crippen LogP contribution in [0.5, 0.6) is 0 Å². The van der Waals surface area contributed by atoms with Crippen LogP contribution < -0.4 is 5.32 Å². The normalized spacial score (nSPS) is 12.8. The molecular weight excluding hydrogens is 779 g/mol. The molecule has 0 aromatic rings. The number of amides is 1. The Balaban J connectivity index is 3.50. The van der Waals surface area contributed by atoms with Gasteiger partial charge in [0, 0.05) is 12.8 Å². The van der Waals surface area contributed by atoms with Gasteiger partial charge in [0.05, 0.1) is 25.4 Å². The van der Waals surface area contributed by atoms with Crippen molar-refractivity contribution in [2.45, 2.75) is 315 Å². The minimum atomic E-state index is -0.859. The molecule has 0 fully saturated rings. The molecule has 0 saturated heterocycles. The maximum absolute atomic E-state index is 12.5. The molecule has 0 radical (unpaired) electrons. The van der Waals surface area contributed by atoms with Crippen molar-refractivity contribution >= 4 is 11.9 Å². The van der Waals surface area contributed by atoms with Gasteiger partial charge in [-0.15, -0.1) is 0 Å². The molecule has 0 heterocycles. The Morgan fingerprint density at radius 3 is 1.13 bits per heavy atom. The zero-order valence-corrected chi connectivity index (χ0v) is 42.3. The molecule has 0 aromatic carbocycles. The van der Waals surface area contributed by atoms with E-state index in [0.29, 0.717) is 19.4 Å². The quantitative estimate of drug-likeness (QED) is 0.0321. The average Bonchev–Trinajstić information content (AvgIpc) is 3.28. The minimum absolute atomic E-state index is 0.0237. The molecule has 0 spiro atoms. The van der Waals surface area contributed by atoms with E-state index in [9.17, 15) is 19.8 Å². The summed E-state index contributed by atoms with van der Waals surface area (Å²) >= 11 is 0. The molecule has 0 aliphatic heterocycles. The van der Waals surface area contributed by atoms with Gasteiger partial charge in [0.1, 0.15) is 0 Å². The highest BCUT2D eigenvalue weighted by Crippen LogP contribution is 2.16. The summed E-state index contributed by atoms with van der Waals surface area (Å²) in [6.07, 6.45) is 63.3. The molecule has 6 nitrogen and oxygen atoms in total. The lowest BCUT2D eigenvalue weighted by molar-refractivity contribution is -0.143. The van der Waals surface area contributed by atoms with Crippen LogP contribution in [0.3, 0.4) is 0 Å². The maximum atomic E-state index is 12.5. The van der Waals surface area contributed by atoms with Crippen molar-refractivity contribution in [3.8, 4) is 0 Å². The van der Waals surface area contributed by atoms with Gasteiger partial charge in [-0.3, -0.25) is 9.59 Å². The van der Waals surface area contributed by atoms with Gasteiger partial charge in [-0.25, -0.2) is 0 Å². The van der Waals surface area contributed by atoms with E-state index in [1.165, 1.54) is 218 Å². The molecule has 0 bridgehead atoms. The SMILES string of the molecule is CCCCCCCC/C=C\CCCCCCCCCC(=O)OCCCCCCCCCCCCC(=O)NC(CO)C(O)/C=C/CCCCCCCCCCCCCCCCCCC. The molecular formula is C57H109NO5. The Morgan fingerprint density at radius 1 is 0.429 bits per heavy atom. The summed E-state index contributed by atoms with van der Waals surface area (Å²) in [5.74, 6) is -0.113. The van der Waals surface area contributed by atoms with Crippen molar-refractivity contribution in [1.82, 2.24) is 5.32 Å². The number of aliphatic hydroxyl groups excluding tert-OH is 2. The second kappa shape index (κ2) is 53.0. The molecule has 0 rings (SSSR count).